The Labute approximate surface area is 98.5 Å². The van der Waals surface area contributed by atoms with Crippen LogP contribution in [0.2, 0.25) is 0 Å². The van der Waals surface area contributed by atoms with Crippen molar-refractivity contribution in [3.8, 4) is 0 Å². The Balaban J connectivity index is 3.31. The number of hydrogen-bond donors (Lipinski definition) is 1. The summed E-state index contributed by atoms with van der Waals surface area (Å²) in [5.74, 6) is 0. The Morgan fingerprint density at radius 3 is 2.47 bits per heavy atom. The molecule has 1 N–H and O–H groups in total. The maximum atomic E-state index is 6.03. The molecule has 0 saturated heterocycles. The molecule has 0 aromatic carbocycles. The lowest BCUT2D eigenvalue weighted by Gasteiger charge is -2.29. The molecule has 0 amide bonds. The van der Waals surface area contributed by atoms with Gasteiger partial charge in [0.25, 0.3) is 0 Å². The second-order valence-electron chi connectivity index (χ2n) is 4.22. The lowest BCUT2D eigenvalue weighted by Crippen LogP contribution is -2.47. The van der Waals surface area contributed by atoms with Crippen LogP contribution in [-0.2, 0) is 9.47 Å². The minimum absolute atomic E-state index is 0.0442. The maximum absolute atomic E-state index is 6.03. The Hall–Kier alpha value is 0.170. The van der Waals surface area contributed by atoms with Crippen molar-refractivity contribution < 1.29 is 9.47 Å². The van der Waals surface area contributed by atoms with Gasteiger partial charge in [-0.05, 0) is 27.2 Å². The number of methoxy groups -OCH3 is 1. The van der Waals surface area contributed by atoms with Crippen molar-refractivity contribution in [2.24, 2.45) is 0 Å². The highest BCUT2D eigenvalue weighted by atomic mass is 35.5. The first-order valence-electron chi connectivity index (χ1n) is 5.46. The molecule has 0 saturated carbocycles. The molecule has 1 atom stereocenters. The molecule has 0 rings (SSSR count). The monoisotopic (exact) mass is 237 g/mol. The van der Waals surface area contributed by atoms with Gasteiger partial charge in [-0.3, -0.25) is 0 Å². The van der Waals surface area contributed by atoms with Crippen LogP contribution in [0.4, 0.5) is 0 Å². The molecule has 15 heavy (non-hydrogen) atoms. The van der Waals surface area contributed by atoms with E-state index in [0.29, 0.717) is 0 Å². The van der Waals surface area contributed by atoms with Gasteiger partial charge in [-0.1, -0.05) is 0 Å². The number of hydrogen-bond acceptors (Lipinski definition) is 3. The maximum Gasteiger partial charge on any atom is 0.0591 e. The molecule has 3 nitrogen and oxygen atoms in total. The SMILES string of the molecule is COCCCOCCNC(C)(C)C(C)Cl. The molecule has 0 aliphatic carbocycles. The van der Waals surface area contributed by atoms with Crippen molar-refractivity contribution >= 4 is 11.6 Å². The minimum atomic E-state index is -0.0442. The van der Waals surface area contributed by atoms with Crippen molar-refractivity contribution in [3.63, 3.8) is 0 Å². The van der Waals surface area contributed by atoms with Gasteiger partial charge in [0.15, 0.2) is 0 Å². The quantitative estimate of drug-likeness (QED) is 0.492. The third-order valence-electron chi connectivity index (χ3n) is 2.46. The van der Waals surface area contributed by atoms with E-state index in [1.165, 1.54) is 0 Å². The van der Waals surface area contributed by atoms with Crippen LogP contribution in [0.3, 0.4) is 0 Å². The molecule has 0 fully saturated rings. The fraction of sp³-hybridized carbons (Fsp3) is 1.00. The highest BCUT2D eigenvalue weighted by Gasteiger charge is 2.22. The van der Waals surface area contributed by atoms with Crippen LogP contribution in [0.1, 0.15) is 27.2 Å². The van der Waals surface area contributed by atoms with Crippen LogP contribution in [-0.4, -0.2) is 44.4 Å². The van der Waals surface area contributed by atoms with Crippen molar-refractivity contribution in [2.45, 2.75) is 38.1 Å². The summed E-state index contributed by atoms with van der Waals surface area (Å²) in [7, 11) is 1.70. The highest BCUT2D eigenvalue weighted by molar-refractivity contribution is 6.21. The van der Waals surface area contributed by atoms with E-state index in [4.69, 9.17) is 21.1 Å². The largest absolute Gasteiger partial charge is 0.385 e. The van der Waals surface area contributed by atoms with Crippen LogP contribution in [0.25, 0.3) is 0 Å². The molecule has 0 radical (unpaired) electrons. The summed E-state index contributed by atoms with van der Waals surface area (Å²) < 4.78 is 10.3. The molecule has 0 heterocycles. The first-order valence-corrected chi connectivity index (χ1v) is 5.90. The summed E-state index contributed by atoms with van der Waals surface area (Å²) in [5, 5.41) is 3.46. The predicted molar refractivity (Wildman–Crippen MR) is 64.7 cm³/mol. The average Bonchev–Trinajstić information content (AvgIpc) is 2.16. The molecule has 0 aliphatic heterocycles. The molecule has 0 aliphatic rings. The van der Waals surface area contributed by atoms with E-state index in [1.54, 1.807) is 7.11 Å². The third kappa shape index (κ3) is 8.03. The molecule has 0 bridgehead atoms. The lowest BCUT2D eigenvalue weighted by atomic mass is 10.0. The van der Waals surface area contributed by atoms with Gasteiger partial charge < -0.3 is 14.8 Å². The molecular weight excluding hydrogens is 214 g/mol. The summed E-state index contributed by atoms with van der Waals surface area (Å²) in [6.07, 6.45) is 0.950. The van der Waals surface area contributed by atoms with E-state index >= 15 is 0 Å². The second kappa shape index (κ2) is 8.34. The third-order valence-corrected chi connectivity index (χ3v) is 3.00. The zero-order chi connectivity index (χ0) is 11.7. The number of alkyl halides is 1. The number of halogens is 1. The first-order chi connectivity index (χ1) is 7.00. The van der Waals surface area contributed by atoms with Crippen LogP contribution in [0.5, 0.6) is 0 Å². The highest BCUT2D eigenvalue weighted by Crippen LogP contribution is 2.13. The van der Waals surface area contributed by atoms with E-state index in [-0.39, 0.29) is 10.9 Å². The molecule has 0 spiro atoms. The standard InChI is InChI=1S/C11H24ClNO2/c1-10(12)11(2,3)13-6-9-15-8-5-7-14-4/h10,13H,5-9H2,1-4H3. The fourth-order valence-corrected chi connectivity index (χ4v) is 1.07. The lowest BCUT2D eigenvalue weighted by molar-refractivity contribution is 0.101. The van der Waals surface area contributed by atoms with Crippen molar-refractivity contribution in [1.29, 1.82) is 0 Å². The van der Waals surface area contributed by atoms with Gasteiger partial charge >= 0.3 is 0 Å². The van der Waals surface area contributed by atoms with Crippen molar-refractivity contribution in [1.82, 2.24) is 5.32 Å². The van der Waals surface area contributed by atoms with Gasteiger partial charge in [-0.2, -0.15) is 0 Å². The molecule has 0 aromatic rings. The summed E-state index contributed by atoms with van der Waals surface area (Å²) in [5.41, 5.74) is -0.0442. The van der Waals surface area contributed by atoms with Gasteiger partial charge in [0, 0.05) is 37.8 Å². The van der Waals surface area contributed by atoms with Gasteiger partial charge in [-0.15, -0.1) is 11.6 Å². The van der Waals surface area contributed by atoms with E-state index in [2.05, 4.69) is 19.2 Å². The van der Waals surface area contributed by atoms with E-state index in [9.17, 15) is 0 Å². The summed E-state index contributed by atoms with van der Waals surface area (Å²) >= 11 is 6.03. The second-order valence-corrected chi connectivity index (χ2v) is 4.88. The van der Waals surface area contributed by atoms with Gasteiger partial charge in [0.1, 0.15) is 0 Å². The van der Waals surface area contributed by atoms with Crippen molar-refractivity contribution in [2.75, 3.05) is 33.5 Å². The average molecular weight is 238 g/mol. The topological polar surface area (TPSA) is 30.5 Å². The summed E-state index contributed by atoms with van der Waals surface area (Å²) in [6, 6.07) is 0. The van der Waals surface area contributed by atoms with Crippen LogP contribution >= 0.6 is 11.6 Å². The molecule has 1 unspecified atom stereocenters. The van der Waals surface area contributed by atoms with Gasteiger partial charge in [0.2, 0.25) is 0 Å². The Bertz CT molecular complexity index is 152. The fourth-order valence-electron chi connectivity index (χ4n) is 0.993. The zero-order valence-electron chi connectivity index (χ0n) is 10.3. The van der Waals surface area contributed by atoms with Crippen LogP contribution < -0.4 is 5.32 Å². The van der Waals surface area contributed by atoms with Gasteiger partial charge in [0.05, 0.1) is 6.61 Å². The minimum Gasteiger partial charge on any atom is -0.385 e. The molecule has 92 valence electrons. The van der Waals surface area contributed by atoms with Crippen LogP contribution in [0, 0.1) is 0 Å². The van der Waals surface area contributed by atoms with Crippen LogP contribution in [0.15, 0.2) is 0 Å². The Kier molecular flexibility index (Phi) is 8.43. The number of ether oxygens (including phenoxy) is 2. The normalized spacial score (nSPS) is 14.2. The van der Waals surface area contributed by atoms with Gasteiger partial charge in [-0.25, -0.2) is 0 Å². The van der Waals surface area contributed by atoms with Crippen molar-refractivity contribution in [3.05, 3.63) is 0 Å². The summed E-state index contributed by atoms with van der Waals surface area (Å²) in [4.78, 5) is 0. The molecule has 4 heteroatoms. The molecule has 0 aromatic heterocycles. The first kappa shape index (κ1) is 15.2. The van der Waals surface area contributed by atoms with E-state index in [1.807, 2.05) is 6.92 Å². The zero-order valence-corrected chi connectivity index (χ0v) is 11.1. The smallest absolute Gasteiger partial charge is 0.0591 e. The number of rotatable bonds is 9. The Morgan fingerprint density at radius 2 is 1.93 bits per heavy atom. The summed E-state index contributed by atoms with van der Waals surface area (Å²) in [6.45, 7) is 9.25. The predicted octanol–water partition coefficient (Wildman–Crippen LogP) is 2.03. The number of nitrogens with one attached hydrogen (secondary N) is 1. The Morgan fingerprint density at radius 1 is 1.27 bits per heavy atom. The van der Waals surface area contributed by atoms with E-state index in [0.717, 1.165) is 32.8 Å². The van der Waals surface area contributed by atoms with E-state index < -0.39 is 0 Å². The molecular formula is C11H24ClNO2.